The van der Waals surface area contributed by atoms with E-state index in [-0.39, 0.29) is 6.10 Å². The zero-order valence-corrected chi connectivity index (χ0v) is 5.24. The minimum atomic E-state index is -1.07. The average molecular weight is 126 g/mol. The van der Waals surface area contributed by atoms with E-state index in [2.05, 4.69) is 3.66 Å². The van der Waals surface area contributed by atoms with Crippen molar-refractivity contribution >= 4 is 0 Å². The van der Waals surface area contributed by atoms with Crippen LogP contribution in [-0.2, 0) is 23.9 Å². The van der Waals surface area contributed by atoms with Crippen LogP contribution in [0.25, 0.3) is 0 Å². The topological polar surface area (TPSA) is 26.3 Å². The maximum absolute atomic E-state index is 9.61. The molecule has 0 saturated heterocycles. The third-order valence-electron chi connectivity index (χ3n) is 0.254. The van der Waals surface area contributed by atoms with Gasteiger partial charge in [-0.05, 0) is 0 Å². The Balaban J connectivity index is 2.81. The predicted molar refractivity (Wildman–Crippen MR) is 16.9 cm³/mol. The number of hydrogen-bond acceptors (Lipinski definition) is 2. The molecule has 0 aromatic heterocycles. The molecule has 0 radical (unpaired) electrons. The molecule has 0 spiro atoms. The van der Waals surface area contributed by atoms with E-state index in [1.54, 1.807) is 0 Å². The monoisotopic (exact) mass is 126 g/mol. The van der Waals surface area contributed by atoms with Crippen LogP contribution in [-0.4, -0.2) is 6.10 Å². The van der Waals surface area contributed by atoms with Gasteiger partial charge in [-0.25, -0.2) is 0 Å². The first-order valence-corrected chi connectivity index (χ1v) is 2.90. The molecule has 0 fully saturated rings. The number of hydrogen-bond donors (Lipinski definition) is 0. The van der Waals surface area contributed by atoms with Gasteiger partial charge in [-0.2, -0.15) is 0 Å². The molecule has 3 heteroatoms. The zero-order chi connectivity index (χ0) is 4.99. The van der Waals surface area contributed by atoms with Crippen molar-refractivity contribution in [3.63, 3.8) is 0 Å². The van der Waals surface area contributed by atoms with E-state index in [9.17, 15) is 3.67 Å². The first-order valence-electron chi connectivity index (χ1n) is 1.76. The Labute approximate surface area is 44.5 Å². The van der Waals surface area contributed by atoms with Gasteiger partial charge in [-0.3, -0.25) is 0 Å². The second-order valence-electron chi connectivity index (χ2n) is 1.23. The molecule has 0 rings (SSSR count). The molecule has 0 atom stereocenters. The Bertz CT molecular complexity index is 44.1. The predicted octanol–water partition coefficient (Wildman–Crippen LogP) is 0.754. The van der Waals surface area contributed by atoms with E-state index in [1.165, 1.54) is 0 Å². The molecule has 0 aromatic rings. The van der Waals surface area contributed by atoms with Crippen LogP contribution in [0, 0.1) is 0 Å². The molecule has 0 unspecified atom stereocenters. The van der Waals surface area contributed by atoms with Crippen molar-refractivity contribution in [2.75, 3.05) is 0 Å². The van der Waals surface area contributed by atoms with Crippen LogP contribution in [0.15, 0.2) is 0 Å². The maximum atomic E-state index is 9.61. The van der Waals surface area contributed by atoms with Crippen molar-refractivity contribution in [1.82, 2.24) is 0 Å². The summed E-state index contributed by atoms with van der Waals surface area (Å²) in [6.07, 6.45) is 0.127. The molecular weight excluding hydrogens is 119 g/mol. The van der Waals surface area contributed by atoms with Gasteiger partial charge in [0.1, 0.15) is 0 Å². The van der Waals surface area contributed by atoms with E-state index >= 15 is 0 Å². The van der Waals surface area contributed by atoms with Gasteiger partial charge >= 0.3 is 43.9 Å². The summed E-state index contributed by atoms with van der Waals surface area (Å²) < 4.78 is 14.2. The zero-order valence-electron chi connectivity index (χ0n) is 3.84. The molecule has 2 nitrogen and oxygen atoms in total. The molecule has 0 N–H and O–H groups in total. The van der Waals surface area contributed by atoms with Crippen LogP contribution in [0.4, 0.5) is 0 Å². The summed E-state index contributed by atoms with van der Waals surface area (Å²) in [5.74, 6) is 0. The first-order chi connectivity index (χ1) is 2.77. The average Bonchev–Trinajstić information content (AvgIpc) is 1.35. The van der Waals surface area contributed by atoms with Gasteiger partial charge in [-0.15, -0.1) is 0 Å². The number of rotatable bonds is 2. The third-order valence-corrected chi connectivity index (χ3v) is 1.05. The Morgan fingerprint density at radius 2 is 2.17 bits per heavy atom. The van der Waals surface area contributed by atoms with Crippen molar-refractivity contribution < 1.29 is 23.9 Å². The molecule has 0 aliphatic carbocycles. The SMILES string of the molecule is CC(C)[O][V]=[O]. The fourth-order valence-corrected chi connectivity index (χ4v) is 0.355. The van der Waals surface area contributed by atoms with Gasteiger partial charge in [0.05, 0.1) is 0 Å². The van der Waals surface area contributed by atoms with Crippen molar-refractivity contribution in [3.8, 4) is 0 Å². The molecule has 0 bridgehead atoms. The molecule has 0 saturated carbocycles. The van der Waals surface area contributed by atoms with Crippen LogP contribution in [0.1, 0.15) is 13.8 Å². The van der Waals surface area contributed by atoms with Crippen molar-refractivity contribution in [2.24, 2.45) is 0 Å². The van der Waals surface area contributed by atoms with Gasteiger partial charge in [0.15, 0.2) is 0 Å². The second kappa shape index (κ2) is 3.53. The standard InChI is InChI=1S/C3H7O.O.V/c1-3(2)4;;/h3H,1-2H3;;/q-1;;+1. The fourth-order valence-electron chi connectivity index (χ4n) is 0.0861. The Morgan fingerprint density at radius 3 is 2.17 bits per heavy atom. The molecular formula is C3H7O2V. The van der Waals surface area contributed by atoms with E-state index in [0.717, 1.165) is 0 Å². The van der Waals surface area contributed by atoms with Crippen molar-refractivity contribution in [3.05, 3.63) is 0 Å². The van der Waals surface area contributed by atoms with Gasteiger partial charge < -0.3 is 0 Å². The summed E-state index contributed by atoms with van der Waals surface area (Å²) in [6.45, 7) is 3.71. The Morgan fingerprint density at radius 1 is 1.67 bits per heavy atom. The van der Waals surface area contributed by atoms with Crippen LogP contribution in [0.5, 0.6) is 0 Å². The van der Waals surface area contributed by atoms with E-state index in [1.807, 2.05) is 13.8 Å². The van der Waals surface area contributed by atoms with Crippen LogP contribution in [0.3, 0.4) is 0 Å². The molecule has 0 heterocycles. The Kier molecular flexibility index (Phi) is 3.73. The fraction of sp³-hybridized carbons (Fsp3) is 1.00. The van der Waals surface area contributed by atoms with Gasteiger partial charge in [0.2, 0.25) is 0 Å². The summed E-state index contributed by atoms with van der Waals surface area (Å²) in [5, 5.41) is 0. The molecule has 0 aliphatic heterocycles. The minimum absolute atomic E-state index is 0.127. The van der Waals surface area contributed by atoms with E-state index in [4.69, 9.17) is 0 Å². The molecule has 0 aliphatic rings. The third kappa shape index (κ3) is 4.34. The molecule has 36 valence electrons. The first kappa shape index (κ1) is 6.34. The van der Waals surface area contributed by atoms with Crippen LogP contribution < -0.4 is 0 Å². The van der Waals surface area contributed by atoms with E-state index < -0.39 is 16.6 Å². The van der Waals surface area contributed by atoms with Crippen LogP contribution in [0.2, 0.25) is 0 Å². The summed E-state index contributed by atoms with van der Waals surface area (Å²) in [5.41, 5.74) is 0. The van der Waals surface area contributed by atoms with Gasteiger partial charge in [0, 0.05) is 0 Å². The quantitative estimate of drug-likeness (QED) is 0.545. The Hall–Kier alpha value is 0.344. The molecule has 0 amide bonds. The van der Waals surface area contributed by atoms with Crippen molar-refractivity contribution in [2.45, 2.75) is 20.0 Å². The van der Waals surface area contributed by atoms with E-state index in [0.29, 0.717) is 0 Å². The summed E-state index contributed by atoms with van der Waals surface area (Å²) in [6, 6.07) is 0. The van der Waals surface area contributed by atoms with Gasteiger partial charge in [-0.1, -0.05) is 0 Å². The van der Waals surface area contributed by atoms with Gasteiger partial charge in [0.25, 0.3) is 0 Å². The summed E-state index contributed by atoms with van der Waals surface area (Å²) in [4.78, 5) is 0. The molecule has 6 heavy (non-hydrogen) atoms. The molecule has 0 aromatic carbocycles. The summed E-state index contributed by atoms with van der Waals surface area (Å²) in [7, 11) is 0. The summed E-state index contributed by atoms with van der Waals surface area (Å²) >= 11 is -1.07. The normalized spacial score (nSPS) is 9.17. The second-order valence-corrected chi connectivity index (χ2v) is 1.79. The van der Waals surface area contributed by atoms with Crippen LogP contribution >= 0.6 is 0 Å². The van der Waals surface area contributed by atoms with Crippen molar-refractivity contribution in [1.29, 1.82) is 0 Å².